The van der Waals surface area contributed by atoms with E-state index in [-0.39, 0.29) is 0 Å². The van der Waals surface area contributed by atoms with E-state index in [9.17, 15) is 13.2 Å². The Morgan fingerprint density at radius 3 is 2.19 bits per heavy atom. The van der Waals surface area contributed by atoms with E-state index in [1.54, 1.807) is 12.1 Å². The molecule has 0 aliphatic heterocycles. The quantitative estimate of drug-likeness (QED) is 0.227. The van der Waals surface area contributed by atoms with Gasteiger partial charge in [0.05, 0.1) is 11.1 Å². The van der Waals surface area contributed by atoms with Gasteiger partial charge in [-0.1, -0.05) is 60.7 Å². The largest absolute Gasteiger partial charge is 0.417 e. The molecule has 4 heteroatoms. The topological polar surface area (TPSA) is 12.9 Å². The van der Waals surface area contributed by atoms with Gasteiger partial charge in [-0.2, -0.15) is 13.2 Å². The molecule has 0 unspecified atom stereocenters. The number of alkyl halides is 3. The van der Waals surface area contributed by atoms with Crippen molar-refractivity contribution in [3.8, 4) is 0 Å². The van der Waals surface area contributed by atoms with Gasteiger partial charge in [0.2, 0.25) is 0 Å². The number of pyridine rings is 1. The summed E-state index contributed by atoms with van der Waals surface area (Å²) in [5.74, 6) is 0. The van der Waals surface area contributed by atoms with Crippen LogP contribution in [0.4, 0.5) is 13.2 Å². The minimum Gasteiger partial charge on any atom is -0.256 e. The number of para-hydroxylation sites is 1. The van der Waals surface area contributed by atoms with Gasteiger partial charge in [0.25, 0.3) is 0 Å². The fraction of sp³-hybridized carbons (Fsp3) is 0.179. The fourth-order valence-electron chi connectivity index (χ4n) is 4.69. The molecule has 1 aromatic heterocycles. The van der Waals surface area contributed by atoms with E-state index >= 15 is 0 Å². The molecular formula is C28H22F3N. The predicted octanol–water partition coefficient (Wildman–Crippen LogP) is 8.13. The molecule has 0 fully saturated rings. The highest BCUT2D eigenvalue weighted by Crippen LogP contribution is 2.39. The van der Waals surface area contributed by atoms with Gasteiger partial charge in [-0.05, 0) is 76.6 Å². The van der Waals surface area contributed by atoms with E-state index in [0.717, 1.165) is 41.6 Å². The maximum Gasteiger partial charge on any atom is 0.417 e. The Labute approximate surface area is 184 Å². The molecule has 4 aromatic carbocycles. The number of halogens is 3. The Balaban J connectivity index is 0.000000180. The Kier molecular flexibility index (Phi) is 5.30. The highest BCUT2D eigenvalue weighted by atomic mass is 19.4. The number of benzene rings is 4. The lowest BCUT2D eigenvalue weighted by Gasteiger charge is -2.19. The summed E-state index contributed by atoms with van der Waals surface area (Å²) in [7, 11) is 0. The van der Waals surface area contributed by atoms with E-state index in [0.29, 0.717) is 10.8 Å². The van der Waals surface area contributed by atoms with E-state index in [1.165, 1.54) is 29.0 Å². The van der Waals surface area contributed by atoms with Crippen LogP contribution in [0.5, 0.6) is 0 Å². The third-order valence-electron chi connectivity index (χ3n) is 6.21. The lowest BCUT2D eigenvalue weighted by molar-refractivity contribution is -0.136. The van der Waals surface area contributed by atoms with E-state index < -0.39 is 11.7 Å². The average Bonchev–Trinajstić information content (AvgIpc) is 2.83. The van der Waals surface area contributed by atoms with Crippen LogP contribution in [-0.2, 0) is 19.0 Å². The maximum atomic E-state index is 13.2. The third-order valence-corrected chi connectivity index (χ3v) is 6.21. The molecule has 5 aromatic rings. The standard InChI is InChI=1S/C19H15F3.C9H7N/c20-19(21,22)18-7-3-6-14-16-9-8-12-4-1-2-5-13(12)15(16)10-11-17(14)18;1-2-6-9-8(4-1)5-3-7-10-9/h3,6-11H,1-2,4-5H2;1-7H. The van der Waals surface area contributed by atoms with E-state index in [2.05, 4.69) is 23.2 Å². The van der Waals surface area contributed by atoms with Gasteiger partial charge in [-0.3, -0.25) is 4.98 Å². The van der Waals surface area contributed by atoms with Crippen molar-refractivity contribution in [2.45, 2.75) is 31.9 Å². The molecule has 0 atom stereocenters. The highest BCUT2D eigenvalue weighted by Gasteiger charge is 2.32. The molecule has 0 spiro atoms. The zero-order chi connectivity index (χ0) is 22.1. The van der Waals surface area contributed by atoms with Gasteiger partial charge in [-0.25, -0.2) is 0 Å². The average molecular weight is 429 g/mol. The summed E-state index contributed by atoms with van der Waals surface area (Å²) in [6.45, 7) is 0. The fourth-order valence-corrected chi connectivity index (χ4v) is 4.69. The molecule has 32 heavy (non-hydrogen) atoms. The molecular weight excluding hydrogens is 407 g/mol. The van der Waals surface area contributed by atoms with Crippen molar-refractivity contribution < 1.29 is 13.2 Å². The van der Waals surface area contributed by atoms with E-state index in [1.807, 2.05) is 42.6 Å². The summed E-state index contributed by atoms with van der Waals surface area (Å²) in [5, 5.41) is 4.23. The molecule has 0 amide bonds. The van der Waals surface area contributed by atoms with Crippen molar-refractivity contribution in [1.29, 1.82) is 0 Å². The zero-order valence-electron chi connectivity index (χ0n) is 17.5. The first-order chi connectivity index (χ1) is 15.5. The summed E-state index contributed by atoms with van der Waals surface area (Å²) in [4.78, 5) is 4.18. The van der Waals surface area contributed by atoms with Crippen LogP contribution in [0, 0.1) is 0 Å². The summed E-state index contributed by atoms with van der Waals surface area (Å²) < 4.78 is 39.6. The van der Waals surface area contributed by atoms with Crippen LogP contribution in [-0.4, -0.2) is 4.98 Å². The minimum absolute atomic E-state index is 0.290. The maximum absolute atomic E-state index is 13.2. The molecule has 1 aliphatic rings. The number of nitrogens with zero attached hydrogens (tertiary/aromatic N) is 1. The summed E-state index contributed by atoms with van der Waals surface area (Å²) >= 11 is 0. The third kappa shape index (κ3) is 3.81. The van der Waals surface area contributed by atoms with Gasteiger partial charge in [-0.15, -0.1) is 0 Å². The Hall–Kier alpha value is -3.40. The second-order valence-corrected chi connectivity index (χ2v) is 8.17. The molecule has 0 saturated heterocycles. The van der Waals surface area contributed by atoms with Crippen LogP contribution in [0.15, 0.2) is 85.1 Å². The normalized spacial score (nSPS) is 13.6. The van der Waals surface area contributed by atoms with Crippen molar-refractivity contribution in [2.75, 3.05) is 0 Å². The van der Waals surface area contributed by atoms with Crippen molar-refractivity contribution in [1.82, 2.24) is 4.98 Å². The van der Waals surface area contributed by atoms with Crippen LogP contribution < -0.4 is 0 Å². The van der Waals surface area contributed by atoms with Crippen LogP contribution >= 0.6 is 0 Å². The minimum atomic E-state index is -4.32. The molecule has 0 N–H and O–H groups in total. The highest BCUT2D eigenvalue weighted by molar-refractivity contribution is 6.09. The smallest absolute Gasteiger partial charge is 0.256 e. The lowest BCUT2D eigenvalue weighted by atomic mass is 9.86. The second-order valence-electron chi connectivity index (χ2n) is 8.17. The first kappa shape index (κ1) is 20.5. The molecule has 1 nitrogen and oxygen atoms in total. The first-order valence-electron chi connectivity index (χ1n) is 10.9. The van der Waals surface area contributed by atoms with Crippen LogP contribution in [0.2, 0.25) is 0 Å². The summed E-state index contributed by atoms with van der Waals surface area (Å²) in [6.07, 6.45) is 1.95. The monoisotopic (exact) mass is 429 g/mol. The van der Waals surface area contributed by atoms with Crippen LogP contribution in [0.3, 0.4) is 0 Å². The predicted molar refractivity (Wildman–Crippen MR) is 125 cm³/mol. The van der Waals surface area contributed by atoms with Crippen LogP contribution in [0.25, 0.3) is 32.4 Å². The molecule has 0 saturated carbocycles. The molecule has 0 radical (unpaired) electrons. The van der Waals surface area contributed by atoms with Gasteiger partial charge in [0, 0.05) is 11.6 Å². The lowest BCUT2D eigenvalue weighted by Crippen LogP contribution is -2.06. The van der Waals surface area contributed by atoms with Gasteiger partial charge in [0.1, 0.15) is 0 Å². The van der Waals surface area contributed by atoms with Crippen molar-refractivity contribution in [3.05, 3.63) is 102 Å². The van der Waals surface area contributed by atoms with Crippen molar-refractivity contribution in [3.63, 3.8) is 0 Å². The zero-order valence-corrected chi connectivity index (χ0v) is 17.5. The molecule has 6 rings (SSSR count). The second kappa shape index (κ2) is 8.27. The van der Waals surface area contributed by atoms with E-state index in [4.69, 9.17) is 0 Å². The summed E-state index contributed by atoms with van der Waals surface area (Å²) in [5.41, 5.74) is 3.18. The Bertz CT molecular complexity index is 1350. The number of aromatic nitrogens is 1. The number of hydrogen-bond acceptors (Lipinski definition) is 1. The van der Waals surface area contributed by atoms with Crippen LogP contribution in [0.1, 0.15) is 29.5 Å². The van der Waals surface area contributed by atoms with Gasteiger partial charge < -0.3 is 0 Å². The first-order valence-corrected chi connectivity index (χ1v) is 10.9. The van der Waals surface area contributed by atoms with Crippen molar-refractivity contribution in [2.24, 2.45) is 0 Å². The molecule has 1 heterocycles. The SMILES string of the molecule is FC(F)(F)c1cccc2c1ccc1c3c(ccc12)CCCC3.c1ccc2ncccc2c1. The number of rotatable bonds is 0. The van der Waals surface area contributed by atoms with Gasteiger partial charge >= 0.3 is 6.18 Å². The molecule has 160 valence electrons. The molecule has 1 aliphatic carbocycles. The van der Waals surface area contributed by atoms with Gasteiger partial charge in [0.15, 0.2) is 0 Å². The summed E-state index contributed by atoms with van der Waals surface area (Å²) in [6, 6.07) is 24.1. The number of fused-ring (bicyclic) bond motifs is 6. The number of hydrogen-bond donors (Lipinski definition) is 0. The number of aryl methyl sites for hydroxylation is 2. The molecule has 0 bridgehead atoms. The van der Waals surface area contributed by atoms with Crippen molar-refractivity contribution >= 4 is 32.4 Å². The Morgan fingerprint density at radius 1 is 0.625 bits per heavy atom. The Morgan fingerprint density at radius 2 is 1.34 bits per heavy atom.